The van der Waals surface area contributed by atoms with Crippen molar-refractivity contribution in [2.75, 3.05) is 6.61 Å². The minimum absolute atomic E-state index is 0. The maximum atomic E-state index is 8.66. The first-order valence-corrected chi connectivity index (χ1v) is 3.21. The number of aliphatic hydroxyl groups is 1. The summed E-state index contributed by atoms with van der Waals surface area (Å²) in [6.07, 6.45) is 3.43. The second kappa shape index (κ2) is 4.09. The number of nitrogens with two attached hydrogens (primary N) is 1. The van der Waals surface area contributed by atoms with Gasteiger partial charge in [-0.25, -0.2) is 0 Å². The van der Waals surface area contributed by atoms with E-state index in [-0.39, 0.29) is 25.1 Å². The maximum Gasteiger partial charge on any atom is 0.0474 e. The van der Waals surface area contributed by atoms with Gasteiger partial charge in [0.25, 0.3) is 0 Å². The van der Waals surface area contributed by atoms with E-state index >= 15 is 0 Å². The van der Waals surface area contributed by atoms with Crippen molar-refractivity contribution in [2.24, 2.45) is 11.7 Å². The summed E-state index contributed by atoms with van der Waals surface area (Å²) < 4.78 is 0. The average molecular weight is 152 g/mol. The Morgan fingerprint density at radius 3 is 2.33 bits per heavy atom. The van der Waals surface area contributed by atoms with Crippen LogP contribution in [0.3, 0.4) is 0 Å². The van der Waals surface area contributed by atoms with Crippen LogP contribution in [-0.4, -0.2) is 17.8 Å². The molecular weight excluding hydrogens is 138 g/mol. The molecule has 0 heterocycles. The lowest BCUT2D eigenvalue weighted by Gasteiger charge is -2.09. The van der Waals surface area contributed by atoms with Crippen molar-refractivity contribution < 1.29 is 5.11 Å². The predicted octanol–water partition coefficient (Wildman–Crippen LogP) is 0.528. The molecular formula is C6H14ClNO. The molecule has 1 saturated carbocycles. The fourth-order valence-electron chi connectivity index (χ4n) is 1.29. The normalized spacial score (nSPS) is 34.0. The Kier molecular flexibility index (Phi) is 4.19. The number of rotatable bonds is 1. The van der Waals surface area contributed by atoms with E-state index in [0.29, 0.717) is 5.92 Å². The molecule has 0 radical (unpaired) electrons. The molecule has 3 N–H and O–H groups in total. The summed E-state index contributed by atoms with van der Waals surface area (Å²) in [6.45, 7) is 0.279. The second-order valence-corrected chi connectivity index (χ2v) is 2.54. The quantitative estimate of drug-likeness (QED) is 0.575. The van der Waals surface area contributed by atoms with E-state index in [4.69, 9.17) is 10.8 Å². The summed E-state index contributed by atoms with van der Waals surface area (Å²) in [4.78, 5) is 0. The molecule has 1 aliphatic rings. The molecule has 3 heteroatoms. The molecule has 0 bridgehead atoms. The zero-order valence-corrected chi connectivity index (χ0v) is 6.23. The molecule has 9 heavy (non-hydrogen) atoms. The van der Waals surface area contributed by atoms with Gasteiger partial charge in [0, 0.05) is 12.6 Å². The van der Waals surface area contributed by atoms with Crippen LogP contribution in [0.1, 0.15) is 19.3 Å². The largest absolute Gasteiger partial charge is 0.396 e. The zero-order valence-electron chi connectivity index (χ0n) is 5.42. The van der Waals surface area contributed by atoms with Crippen molar-refractivity contribution >= 4 is 12.4 Å². The van der Waals surface area contributed by atoms with Gasteiger partial charge in [-0.1, -0.05) is 6.42 Å². The predicted molar refractivity (Wildman–Crippen MR) is 39.7 cm³/mol. The summed E-state index contributed by atoms with van der Waals surface area (Å²) in [6, 6.07) is 0.278. The van der Waals surface area contributed by atoms with E-state index < -0.39 is 0 Å². The van der Waals surface area contributed by atoms with Gasteiger partial charge in [-0.3, -0.25) is 0 Å². The second-order valence-electron chi connectivity index (χ2n) is 2.54. The highest BCUT2D eigenvalue weighted by Gasteiger charge is 2.22. The average Bonchev–Trinajstić information content (AvgIpc) is 2.14. The first-order valence-electron chi connectivity index (χ1n) is 3.21. The van der Waals surface area contributed by atoms with Crippen LogP contribution in [0.25, 0.3) is 0 Å². The van der Waals surface area contributed by atoms with Gasteiger partial charge in [0.15, 0.2) is 0 Å². The molecule has 0 aromatic rings. The third kappa shape index (κ3) is 2.12. The molecule has 0 amide bonds. The molecule has 0 aromatic carbocycles. The topological polar surface area (TPSA) is 46.2 Å². The van der Waals surface area contributed by atoms with E-state index in [2.05, 4.69) is 0 Å². The molecule has 0 saturated heterocycles. The van der Waals surface area contributed by atoms with Gasteiger partial charge in [0.1, 0.15) is 0 Å². The first-order chi connectivity index (χ1) is 3.84. The molecule has 1 fully saturated rings. The fourth-order valence-corrected chi connectivity index (χ4v) is 1.29. The lowest BCUT2D eigenvalue weighted by molar-refractivity contribution is 0.218. The van der Waals surface area contributed by atoms with E-state index in [1.807, 2.05) is 0 Å². The van der Waals surface area contributed by atoms with Crippen molar-refractivity contribution in [3.63, 3.8) is 0 Å². The van der Waals surface area contributed by atoms with Crippen molar-refractivity contribution in [2.45, 2.75) is 25.3 Å². The van der Waals surface area contributed by atoms with E-state index in [1.165, 1.54) is 6.42 Å². The number of hydrogen-bond acceptors (Lipinski definition) is 2. The standard InChI is InChI=1S/C6H13NO.ClH/c7-6-3-1-2-5(6)4-8;/h5-6,8H,1-4,7H2;1H/t5-,6+;/m0./s1. The van der Waals surface area contributed by atoms with Crippen LogP contribution < -0.4 is 5.73 Å². The highest BCUT2D eigenvalue weighted by atomic mass is 35.5. The van der Waals surface area contributed by atoms with Gasteiger partial charge in [-0.2, -0.15) is 0 Å². The Morgan fingerprint density at radius 1 is 1.44 bits per heavy atom. The van der Waals surface area contributed by atoms with Crippen LogP contribution in [0.15, 0.2) is 0 Å². The maximum absolute atomic E-state index is 8.66. The van der Waals surface area contributed by atoms with Crippen molar-refractivity contribution in [3.05, 3.63) is 0 Å². The van der Waals surface area contributed by atoms with Crippen LogP contribution in [0.2, 0.25) is 0 Å². The van der Waals surface area contributed by atoms with Crippen LogP contribution >= 0.6 is 12.4 Å². The SMILES string of the molecule is Cl.N[C@@H]1CCC[C@H]1CO. The van der Waals surface area contributed by atoms with Crippen molar-refractivity contribution in [3.8, 4) is 0 Å². The summed E-state index contributed by atoms with van der Waals surface area (Å²) in [5.41, 5.74) is 5.63. The van der Waals surface area contributed by atoms with Crippen LogP contribution in [0.4, 0.5) is 0 Å². The first kappa shape index (κ1) is 9.21. The molecule has 0 spiro atoms. The molecule has 0 aliphatic heterocycles. The van der Waals surface area contributed by atoms with E-state index in [1.54, 1.807) is 0 Å². The molecule has 1 rings (SSSR count). The van der Waals surface area contributed by atoms with Crippen LogP contribution in [-0.2, 0) is 0 Å². The molecule has 2 nitrogen and oxygen atoms in total. The number of hydrogen-bond donors (Lipinski definition) is 2. The smallest absolute Gasteiger partial charge is 0.0474 e. The molecule has 2 atom stereocenters. The molecule has 0 aromatic heterocycles. The van der Waals surface area contributed by atoms with Gasteiger partial charge in [0.2, 0.25) is 0 Å². The van der Waals surface area contributed by atoms with Gasteiger partial charge in [-0.05, 0) is 18.8 Å². The lowest BCUT2D eigenvalue weighted by Crippen LogP contribution is -2.26. The summed E-state index contributed by atoms with van der Waals surface area (Å²) in [7, 11) is 0. The Hall–Kier alpha value is 0.210. The van der Waals surface area contributed by atoms with E-state index in [9.17, 15) is 0 Å². The van der Waals surface area contributed by atoms with Crippen molar-refractivity contribution in [1.29, 1.82) is 0 Å². The van der Waals surface area contributed by atoms with Crippen molar-refractivity contribution in [1.82, 2.24) is 0 Å². The van der Waals surface area contributed by atoms with Gasteiger partial charge < -0.3 is 10.8 Å². The highest BCUT2D eigenvalue weighted by Crippen LogP contribution is 2.22. The highest BCUT2D eigenvalue weighted by molar-refractivity contribution is 5.85. The van der Waals surface area contributed by atoms with Gasteiger partial charge in [-0.15, -0.1) is 12.4 Å². The summed E-state index contributed by atoms with van der Waals surface area (Å²) >= 11 is 0. The Bertz CT molecular complexity index is 79.5. The monoisotopic (exact) mass is 151 g/mol. The minimum atomic E-state index is 0. The summed E-state index contributed by atoms with van der Waals surface area (Å²) in [5, 5.41) is 8.66. The van der Waals surface area contributed by atoms with E-state index in [0.717, 1.165) is 12.8 Å². The number of halogens is 1. The minimum Gasteiger partial charge on any atom is -0.396 e. The third-order valence-corrected chi connectivity index (χ3v) is 1.95. The van der Waals surface area contributed by atoms with Crippen LogP contribution in [0, 0.1) is 5.92 Å². The Labute approximate surface area is 61.8 Å². The Balaban J connectivity index is 0.000000640. The summed E-state index contributed by atoms with van der Waals surface area (Å²) in [5.74, 6) is 0.398. The van der Waals surface area contributed by atoms with Gasteiger partial charge in [0.05, 0.1) is 0 Å². The van der Waals surface area contributed by atoms with Crippen LogP contribution in [0.5, 0.6) is 0 Å². The fraction of sp³-hybridized carbons (Fsp3) is 1.00. The number of aliphatic hydroxyl groups excluding tert-OH is 1. The molecule has 1 aliphatic carbocycles. The Morgan fingerprint density at radius 2 is 2.11 bits per heavy atom. The van der Waals surface area contributed by atoms with Gasteiger partial charge >= 0.3 is 0 Å². The molecule has 56 valence electrons. The lowest BCUT2D eigenvalue weighted by atomic mass is 10.1. The third-order valence-electron chi connectivity index (χ3n) is 1.95. The molecule has 0 unspecified atom stereocenters. The zero-order chi connectivity index (χ0) is 5.98.